The first-order valence-electron chi connectivity index (χ1n) is 15.7. The minimum Gasteiger partial charge on any atom is -0.238 e. The van der Waals surface area contributed by atoms with E-state index in [1.54, 1.807) is 0 Å². The molecule has 7 aromatic rings. The van der Waals surface area contributed by atoms with Crippen LogP contribution >= 0.6 is 0 Å². The van der Waals surface area contributed by atoms with E-state index < -0.39 is 0 Å². The molecule has 4 heteroatoms. The minimum atomic E-state index is 0.617. The molecule has 0 saturated carbocycles. The van der Waals surface area contributed by atoms with Gasteiger partial charge < -0.3 is 0 Å². The van der Waals surface area contributed by atoms with E-state index in [2.05, 4.69) is 78.2 Å². The minimum absolute atomic E-state index is 0.617. The zero-order valence-electron chi connectivity index (χ0n) is 26.2. The van der Waals surface area contributed by atoms with Gasteiger partial charge in [-0.2, -0.15) is 0 Å². The Morgan fingerprint density at radius 2 is 1.00 bits per heavy atom. The first-order chi connectivity index (χ1) is 23.7. The summed E-state index contributed by atoms with van der Waals surface area (Å²) < 4.78 is 0. The van der Waals surface area contributed by atoms with Crippen LogP contribution in [-0.2, 0) is 0 Å². The monoisotopic (exact) mass is 614 g/mol. The SMILES string of the molecule is [C-]#[N+]c1ccc(-c2ccc(/C=C/c3cccc(-c4cccc(-c5nc(-c6ccccc6)nc(-c6ccccc6)n5)c4)c3C=C)cc2)cc1. The van der Waals surface area contributed by atoms with Gasteiger partial charge in [-0.15, -0.1) is 0 Å². The fourth-order valence-corrected chi connectivity index (χ4v) is 5.67. The summed E-state index contributed by atoms with van der Waals surface area (Å²) in [6, 6.07) is 50.8. The van der Waals surface area contributed by atoms with Crippen molar-refractivity contribution in [2.24, 2.45) is 0 Å². The van der Waals surface area contributed by atoms with E-state index >= 15 is 0 Å². The third-order valence-electron chi connectivity index (χ3n) is 8.17. The van der Waals surface area contributed by atoms with Crippen LogP contribution in [0.4, 0.5) is 5.69 Å². The van der Waals surface area contributed by atoms with Crippen LogP contribution < -0.4 is 0 Å². The van der Waals surface area contributed by atoms with E-state index in [0.717, 1.165) is 55.6 Å². The first-order valence-corrected chi connectivity index (χ1v) is 15.7. The molecule has 0 amide bonds. The smallest absolute Gasteiger partial charge is 0.187 e. The molecule has 0 spiro atoms. The van der Waals surface area contributed by atoms with Crippen molar-refractivity contribution in [3.05, 3.63) is 186 Å². The van der Waals surface area contributed by atoms with E-state index in [1.165, 1.54) is 0 Å². The molecule has 0 fully saturated rings. The summed E-state index contributed by atoms with van der Waals surface area (Å²) in [6.07, 6.45) is 6.17. The Hall–Kier alpha value is -6.70. The van der Waals surface area contributed by atoms with Gasteiger partial charge in [-0.25, -0.2) is 19.8 Å². The second-order valence-corrected chi connectivity index (χ2v) is 11.2. The Morgan fingerprint density at radius 3 is 1.58 bits per heavy atom. The molecule has 6 aromatic carbocycles. The topological polar surface area (TPSA) is 43.0 Å². The number of aromatic nitrogens is 3. The van der Waals surface area contributed by atoms with Gasteiger partial charge >= 0.3 is 0 Å². The summed E-state index contributed by atoms with van der Waals surface area (Å²) in [5, 5.41) is 0. The summed E-state index contributed by atoms with van der Waals surface area (Å²) in [5.74, 6) is 1.89. The van der Waals surface area contributed by atoms with Gasteiger partial charge in [0, 0.05) is 16.7 Å². The Bertz CT molecular complexity index is 2220. The first kappa shape index (κ1) is 30.0. The van der Waals surface area contributed by atoms with Gasteiger partial charge in [0.15, 0.2) is 23.2 Å². The van der Waals surface area contributed by atoms with Gasteiger partial charge in [-0.1, -0.05) is 170 Å². The predicted octanol–water partition coefficient (Wildman–Crippen LogP) is 11.6. The van der Waals surface area contributed by atoms with Crippen molar-refractivity contribution in [3.8, 4) is 56.4 Å². The van der Waals surface area contributed by atoms with Crippen LogP contribution in [0, 0.1) is 6.57 Å². The largest absolute Gasteiger partial charge is 0.238 e. The highest BCUT2D eigenvalue weighted by atomic mass is 15.0. The molecule has 0 bridgehead atoms. The number of hydrogen-bond acceptors (Lipinski definition) is 3. The summed E-state index contributed by atoms with van der Waals surface area (Å²) in [6.45, 7) is 11.3. The fourth-order valence-electron chi connectivity index (χ4n) is 5.67. The van der Waals surface area contributed by atoms with E-state index in [9.17, 15) is 0 Å². The molecule has 1 heterocycles. The summed E-state index contributed by atoms with van der Waals surface area (Å²) in [4.78, 5) is 18.2. The van der Waals surface area contributed by atoms with E-state index in [0.29, 0.717) is 23.2 Å². The highest BCUT2D eigenvalue weighted by Gasteiger charge is 2.14. The van der Waals surface area contributed by atoms with Crippen molar-refractivity contribution < 1.29 is 0 Å². The summed E-state index contributed by atoms with van der Waals surface area (Å²) >= 11 is 0. The second-order valence-electron chi connectivity index (χ2n) is 11.2. The van der Waals surface area contributed by atoms with Crippen LogP contribution in [0.15, 0.2) is 158 Å². The van der Waals surface area contributed by atoms with Crippen molar-refractivity contribution in [3.63, 3.8) is 0 Å². The third kappa shape index (κ3) is 6.48. The highest BCUT2D eigenvalue weighted by Crippen LogP contribution is 2.32. The van der Waals surface area contributed by atoms with Gasteiger partial charge in [0.1, 0.15) is 0 Å². The Kier molecular flexibility index (Phi) is 8.58. The maximum absolute atomic E-state index is 7.17. The molecule has 48 heavy (non-hydrogen) atoms. The average molecular weight is 615 g/mol. The predicted molar refractivity (Wildman–Crippen MR) is 199 cm³/mol. The maximum atomic E-state index is 7.17. The van der Waals surface area contributed by atoms with Gasteiger partial charge in [0.05, 0.1) is 6.57 Å². The van der Waals surface area contributed by atoms with Crippen molar-refractivity contribution in [1.82, 2.24) is 15.0 Å². The second kappa shape index (κ2) is 13.7. The summed E-state index contributed by atoms with van der Waals surface area (Å²) in [5.41, 5.74) is 11.0. The van der Waals surface area contributed by atoms with Crippen LogP contribution in [0.3, 0.4) is 0 Å². The molecule has 0 aliphatic carbocycles. The lowest BCUT2D eigenvalue weighted by Crippen LogP contribution is -2.00. The lowest BCUT2D eigenvalue weighted by molar-refractivity contribution is 1.07. The Balaban J connectivity index is 1.21. The van der Waals surface area contributed by atoms with Crippen LogP contribution in [0.25, 0.3) is 79.5 Å². The fraction of sp³-hybridized carbons (Fsp3) is 0. The molecule has 0 aliphatic heterocycles. The molecule has 7 rings (SSSR count). The lowest BCUT2D eigenvalue weighted by atomic mass is 9.93. The number of nitrogens with zero attached hydrogens (tertiary/aromatic N) is 4. The third-order valence-corrected chi connectivity index (χ3v) is 8.17. The van der Waals surface area contributed by atoms with E-state index in [4.69, 9.17) is 21.5 Å². The standard InChI is InChI=1S/C44H30N4/c1-3-40-34(25-22-31-20-23-32(24-21-31)33-26-28-39(45-2)29-27-33)16-11-19-41(40)37-17-10-18-38(30-37)44-47-42(35-12-6-4-7-13-35)46-43(48-44)36-14-8-5-9-15-36/h3-30H,1H2/b25-22+. The number of benzene rings is 6. The van der Waals surface area contributed by atoms with Gasteiger partial charge in [-0.05, 0) is 45.0 Å². The van der Waals surface area contributed by atoms with Crippen LogP contribution in [0.2, 0.25) is 0 Å². The van der Waals surface area contributed by atoms with Crippen molar-refractivity contribution in [2.45, 2.75) is 0 Å². The zero-order valence-corrected chi connectivity index (χ0v) is 26.2. The zero-order chi connectivity index (χ0) is 32.7. The Labute approximate surface area is 280 Å². The molecule has 0 atom stereocenters. The molecule has 4 nitrogen and oxygen atoms in total. The normalized spacial score (nSPS) is 10.9. The molecule has 0 saturated heterocycles. The molecule has 0 unspecified atom stereocenters. The molecular formula is C44H30N4. The van der Waals surface area contributed by atoms with Crippen LogP contribution in [-0.4, -0.2) is 15.0 Å². The highest BCUT2D eigenvalue weighted by molar-refractivity contribution is 5.85. The molecule has 0 aliphatic rings. The van der Waals surface area contributed by atoms with Crippen molar-refractivity contribution in [1.29, 1.82) is 0 Å². The molecule has 1 aromatic heterocycles. The molecule has 226 valence electrons. The van der Waals surface area contributed by atoms with Gasteiger partial charge in [0.25, 0.3) is 0 Å². The number of rotatable bonds is 8. The van der Waals surface area contributed by atoms with E-state index in [-0.39, 0.29) is 0 Å². The van der Waals surface area contributed by atoms with Crippen LogP contribution in [0.5, 0.6) is 0 Å². The van der Waals surface area contributed by atoms with Gasteiger partial charge in [-0.3, -0.25) is 0 Å². The van der Waals surface area contributed by atoms with Crippen LogP contribution in [0.1, 0.15) is 16.7 Å². The Morgan fingerprint density at radius 1 is 0.479 bits per heavy atom. The van der Waals surface area contributed by atoms with Gasteiger partial charge in [0.2, 0.25) is 0 Å². The molecule has 0 N–H and O–H groups in total. The van der Waals surface area contributed by atoms with E-state index in [1.807, 2.05) is 103 Å². The maximum Gasteiger partial charge on any atom is 0.187 e. The summed E-state index contributed by atoms with van der Waals surface area (Å²) in [7, 11) is 0. The molecule has 0 radical (unpaired) electrons. The quantitative estimate of drug-likeness (QED) is 0.126. The average Bonchev–Trinajstić information content (AvgIpc) is 3.17. The lowest BCUT2D eigenvalue weighted by Gasteiger charge is -2.12. The van der Waals surface area contributed by atoms with Crippen molar-refractivity contribution in [2.75, 3.05) is 0 Å². The van der Waals surface area contributed by atoms with Crippen molar-refractivity contribution >= 4 is 23.9 Å². The molecular weight excluding hydrogens is 585 g/mol. The number of hydrogen-bond donors (Lipinski definition) is 0.